The molecule has 1 aromatic carbocycles. The molecule has 0 radical (unpaired) electrons. The molecule has 2 saturated carbocycles. The van der Waals surface area contributed by atoms with E-state index in [1.54, 1.807) is 6.92 Å². The highest BCUT2D eigenvalue weighted by Gasteiger charge is 2.43. The standard InChI is InChI=1S/C20H29N3O/c1-16(24)21-20(14-8-3-9-15-20)18-12-6-7-13-19(18)23-22-17-10-4-2-5-11-17/h2,4-5,10-11,18,22H,3,6-9,12-15H2,1H3,(H,21,24)/b23-19+. The first-order chi connectivity index (χ1) is 11.7. The Morgan fingerprint density at radius 3 is 2.54 bits per heavy atom. The summed E-state index contributed by atoms with van der Waals surface area (Å²) in [5, 5.41) is 8.12. The van der Waals surface area contributed by atoms with E-state index in [0.29, 0.717) is 5.92 Å². The van der Waals surface area contributed by atoms with Gasteiger partial charge >= 0.3 is 0 Å². The summed E-state index contributed by atoms with van der Waals surface area (Å²) < 4.78 is 0. The van der Waals surface area contributed by atoms with Crippen LogP contribution in [0.5, 0.6) is 0 Å². The molecule has 3 rings (SSSR count). The fourth-order valence-electron chi connectivity index (χ4n) is 4.47. The number of hydrogen-bond acceptors (Lipinski definition) is 3. The van der Waals surface area contributed by atoms with E-state index in [0.717, 1.165) is 31.4 Å². The van der Waals surface area contributed by atoms with E-state index in [9.17, 15) is 4.79 Å². The maximum atomic E-state index is 11.9. The molecular formula is C20H29N3O. The zero-order chi connectivity index (χ0) is 16.8. The third kappa shape index (κ3) is 3.97. The Hall–Kier alpha value is -1.84. The Kier molecular flexibility index (Phi) is 5.54. The lowest BCUT2D eigenvalue weighted by Crippen LogP contribution is -2.57. The number of carbonyl (C=O) groups excluding carboxylic acids is 1. The summed E-state index contributed by atoms with van der Waals surface area (Å²) in [6.07, 6.45) is 10.5. The first kappa shape index (κ1) is 17.0. The molecule has 0 bridgehead atoms. The highest BCUT2D eigenvalue weighted by atomic mass is 16.1. The number of hydrogen-bond donors (Lipinski definition) is 2. The average Bonchev–Trinajstić information content (AvgIpc) is 2.61. The Bertz CT molecular complexity index is 576. The Morgan fingerprint density at radius 2 is 1.83 bits per heavy atom. The first-order valence-electron chi connectivity index (χ1n) is 9.36. The van der Waals surface area contributed by atoms with Crippen molar-refractivity contribution in [2.45, 2.75) is 70.3 Å². The van der Waals surface area contributed by atoms with Crippen LogP contribution in [0.2, 0.25) is 0 Å². The van der Waals surface area contributed by atoms with Crippen molar-refractivity contribution in [2.24, 2.45) is 11.0 Å². The van der Waals surface area contributed by atoms with Gasteiger partial charge in [-0.05, 0) is 44.2 Å². The summed E-state index contributed by atoms with van der Waals surface area (Å²) in [7, 11) is 0. The van der Waals surface area contributed by atoms with Crippen LogP contribution in [0.3, 0.4) is 0 Å². The number of nitrogens with one attached hydrogen (secondary N) is 2. The van der Waals surface area contributed by atoms with Crippen molar-refractivity contribution in [3.8, 4) is 0 Å². The second kappa shape index (κ2) is 7.82. The van der Waals surface area contributed by atoms with Gasteiger partial charge in [0.2, 0.25) is 5.91 Å². The summed E-state index contributed by atoms with van der Waals surface area (Å²) in [4.78, 5) is 11.9. The lowest BCUT2D eigenvalue weighted by atomic mass is 9.66. The number of hydrazone groups is 1. The number of carbonyl (C=O) groups is 1. The number of amides is 1. The third-order valence-corrected chi connectivity index (χ3v) is 5.52. The molecule has 1 aromatic rings. The highest BCUT2D eigenvalue weighted by molar-refractivity contribution is 5.90. The van der Waals surface area contributed by atoms with Crippen LogP contribution in [-0.4, -0.2) is 17.2 Å². The van der Waals surface area contributed by atoms with Gasteiger partial charge in [-0.1, -0.05) is 43.9 Å². The quantitative estimate of drug-likeness (QED) is 0.801. The smallest absolute Gasteiger partial charge is 0.217 e. The van der Waals surface area contributed by atoms with Crippen LogP contribution in [0, 0.1) is 5.92 Å². The molecule has 2 fully saturated rings. The van der Waals surface area contributed by atoms with Crippen molar-refractivity contribution in [3.05, 3.63) is 30.3 Å². The van der Waals surface area contributed by atoms with Gasteiger partial charge in [0.25, 0.3) is 0 Å². The predicted octanol–water partition coefficient (Wildman–Crippen LogP) is 4.48. The van der Waals surface area contributed by atoms with Gasteiger partial charge in [-0.25, -0.2) is 0 Å². The van der Waals surface area contributed by atoms with Gasteiger partial charge in [0.15, 0.2) is 0 Å². The van der Waals surface area contributed by atoms with E-state index in [1.165, 1.54) is 37.8 Å². The Balaban J connectivity index is 1.82. The zero-order valence-electron chi connectivity index (χ0n) is 14.7. The number of para-hydroxylation sites is 1. The molecule has 2 N–H and O–H groups in total. The average molecular weight is 327 g/mol. The van der Waals surface area contributed by atoms with Crippen molar-refractivity contribution >= 4 is 17.3 Å². The molecule has 2 aliphatic rings. The maximum absolute atomic E-state index is 11.9. The van der Waals surface area contributed by atoms with E-state index in [-0.39, 0.29) is 11.4 Å². The monoisotopic (exact) mass is 327 g/mol. The molecule has 0 aliphatic heterocycles. The van der Waals surface area contributed by atoms with Crippen LogP contribution < -0.4 is 10.7 Å². The Labute approximate surface area is 145 Å². The van der Waals surface area contributed by atoms with E-state index in [1.807, 2.05) is 30.3 Å². The van der Waals surface area contributed by atoms with Crippen LogP contribution in [-0.2, 0) is 4.79 Å². The lowest BCUT2D eigenvalue weighted by molar-refractivity contribution is -0.121. The summed E-state index contributed by atoms with van der Waals surface area (Å²) in [5.74, 6) is 0.463. The van der Waals surface area contributed by atoms with Crippen LogP contribution in [0.15, 0.2) is 35.4 Å². The van der Waals surface area contributed by atoms with Crippen LogP contribution >= 0.6 is 0 Å². The molecule has 2 aliphatic carbocycles. The van der Waals surface area contributed by atoms with Gasteiger partial charge in [-0.3, -0.25) is 10.2 Å². The fraction of sp³-hybridized carbons (Fsp3) is 0.600. The van der Waals surface area contributed by atoms with Crippen LogP contribution in [0.25, 0.3) is 0 Å². The molecule has 0 heterocycles. The van der Waals surface area contributed by atoms with Crippen molar-refractivity contribution in [3.63, 3.8) is 0 Å². The van der Waals surface area contributed by atoms with E-state index >= 15 is 0 Å². The van der Waals surface area contributed by atoms with Crippen molar-refractivity contribution in [1.29, 1.82) is 0 Å². The van der Waals surface area contributed by atoms with Gasteiger partial charge in [0.1, 0.15) is 0 Å². The largest absolute Gasteiger partial charge is 0.350 e. The summed E-state index contributed by atoms with van der Waals surface area (Å²) in [6, 6.07) is 10.1. The summed E-state index contributed by atoms with van der Waals surface area (Å²) in [5.41, 5.74) is 5.40. The molecule has 0 spiro atoms. The van der Waals surface area contributed by atoms with Crippen molar-refractivity contribution in [1.82, 2.24) is 5.32 Å². The Morgan fingerprint density at radius 1 is 1.08 bits per heavy atom. The molecule has 130 valence electrons. The molecule has 1 atom stereocenters. The van der Waals surface area contributed by atoms with Crippen LogP contribution in [0.1, 0.15) is 64.7 Å². The van der Waals surface area contributed by atoms with Gasteiger partial charge in [0.05, 0.1) is 5.69 Å². The van der Waals surface area contributed by atoms with Gasteiger partial charge in [-0.15, -0.1) is 0 Å². The fourth-order valence-corrected chi connectivity index (χ4v) is 4.47. The van der Waals surface area contributed by atoms with E-state index in [4.69, 9.17) is 5.10 Å². The molecular weight excluding hydrogens is 298 g/mol. The molecule has 24 heavy (non-hydrogen) atoms. The SMILES string of the molecule is CC(=O)NC1(C2CCCC/C2=N\Nc2ccccc2)CCCCC1. The first-order valence-corrected chi connectivity index (χ1v) is 9.36. The minimum atomic E-state index is -0.0816. The highest BCUT2D eigenvalue weighted by Crippen LogP contribution is 2.40. The number of anilines is 1. The van der Waals surface area contributed by atoms with Gasteiger partial charge in [-0.2, -0.15) is 5.10 Å². The molecule has 4 nitrogen and oxygen atoms in total. The van der Waals surface area contributed by atoms with E-state index in [2.05, 4.69) is 10.7 Å². The third-order valence-electron chi connectivity index (χ3n) is 5.52. The predicted molar refractivity (Wildman–Crippen MR) is 99.1 cm³/mol. The second-order valence-corrected chi connectivity index (χ2v) is 7.28. The maximum Gasteiger partial charge on any atom is 0.217 e. The minimum Gasteiger partial charge on any atom is -0.350 e. The van der Waals surface area contributed by atoms with Crippen molar-refractivity contribution in [2.75, 3.05) is 5.43 Å². The number of nitrogens with zero attached hydrogens (tertiary/aromatic N) is 1. The molecule has 1 unspecified atom stereocenters. The zero-order valence-corrected chi connectivity index (χ0v) is 14.7. The number of benzene rings is 1. The summed E-state index contributed by atoms with van der Waals surface area (Å²) in [6.45, 7) is 1.65. The number of rotatable bonds is 4. The molecule has 4 heteroatoms. The lowest BCUT2D eigenvalue weighted by Gasteiger charge is -2.46. The molecule has 1 amide bonds. The van der Waals surface area contributed by atoms with Crippen LogP contribution in [0.4, 0.5) is 5.69 Å². The van der Waals surface area contributed by atoms with Gasteiger partial charge in [0, 0.05) is 24.1 Å². The normalized spacial score (nSPS) is 25.2. The van der Waals surface area contributed by atoms with Crippen molar-refractivity contribution < 1.29 is 4.79 Å². The van der Waals surface area contributed by atoms with Gasteiger partial charge < -0.3 is 5.32 Å². The molecule has 0 aromatic heterocycles. The second-order valence-electron chi connectivity index (χ2n) is 7.28. The minimum absolute atomic E-state index is 0.0816. The molecule has 0 saturated heterocycles. The summed E-state index contributed by atoms with van der Waals surface area (Å²) >= 11 is 0. The topological polar surface area (TPSA) is 53.5 Å². The van der Waals surface area contributed by atoms with E-state index < -0.39 is 0 Å².